The van der Waals surface area contributed by atoms with E-state index in [4.69, 9.17) is 0 Å². The molecule has 0 radical (unpaired) electrons. The lowest BCUT2D eigenvalue weighted by atomic mass is 9.35. The predicted octanol–water partition coefficient (Wildman–Crippen LogP) is 10.4. The second kappa shape index (κ2) is 8.77. The van der Waals surface area contributed by atoms with Crippen LogP contribution in [-0.4, -0.2) is 0 Å². The van der Waals surface area contributed by atoms with E-state index in [0.29, 0.717) is 33.5 Å². The maximum absolute atomic E-state index is 2.75. The molecule has 3 fully saturated rings. The summed E-state index contributed by atoms with van der Waals surface area (Å²) >= 11 is 0. The molecule has 0 nitrogen and oxygen atoms in total. The highest BCUT2D eigenvalue weighted by molar-refractivity contribution is 5.25. The molecule has 0 saturated heterocycles. The van der Waals surface area contributed by atoms with Crippen molar-refractivity contribution in [2.75, 3.05) is 0 Å². The highest BCUT2D eigenvalue weighted by atomic mass is 14.7. The fourth-order valence-electron chi connectivity index (χ4n) is 11.0. The first-order chi connectivity index (χ1) is 16.4. The van der Waals surface area contributed by atoms with Crippen molar-refractivity contribution >= 4 is 0 Å². The van der Waals surface area contributed by atoms with Crippen molar-refractivity contribution in [2.24, 2.45) is 51.2 Å². The molecule has 3 saturated carbocycles. The van der Waals surface area contributed by atoms with Crippen molar-refractivity contribution in [1.82, 2.24) is 0 Å². The van der Waals surface area contributed by atoms with E-state index in [1.165, 1.54) is 68.9 Å². The van der Waals surface area contributed by atoms with E-state index in [0.717, 1.165) is 23.7 Å². The summed E-state index contributed by atoms with van der Waals surface area (Å²) in [4.78, 5) is 0. The molecule has 0 spiro atoms. The first kappa shape index (κ1) is 25.6. The summed E-state index contributed by atoms with van der Waals surface area (Å²) in [5, 5.41) is 0. The van der Waals surface area contributed by atoms with E-state index in [-0.39, 0.29) is 0 Å². The molecule has 1 aromatic carbocycles. The van der Waals surface area contributed by atoms with Gasteiger partial charge in [0, 0.05) is 0 Å². The lowest BCUT2D eigenvalue weighted by molar-refractivity contribution is -0.193. The Morgan fingerprint density at radius 3 is 2.17 bits per heavy atom. The average molecular weight is 475 g/mol. The normalized spacial score (nSPS) is 45.2. The summed E-state index contributed by atoms with van der Waals surface area (Å²) in [6, 6.07) is 9.32. The van der Waals surface area contributed by atoms with Crippen molar-refractivity contribution in [3.05, 3.63) is 47.5 Å². The minimum atomic E-state index is 0.458. The van der Waals surface area contributed by atoms with Crippen LogP contribution in [0.3, 0.4) is 0 Å². The van der Waals surface area contributed by atoms with Gasteiger partial charge >= 0.3 is 0 Å². The molecule has 0 aromatic heterocycles. The molecule has 0 N–H and O–H groups in total. The zero-order valence-corrected chi connectivity index (χ0v) is 24.3. The van der Waals surface area contributed by atoms with Crippen LogP contribution in [0.4, 0.5) is 0 Å². The van der Waals surface area contributed by atoms with Crippen LogP contribution in [-0.2, 0) is 0 Å². The van der Waals surface area contributed by atoms with Gasteiger partial charge in [-0.1, -0.05) is 96.9 Å². The minimum absolute atomic E-state index is 0.458. The van der Waals surface area contributed by atoms with Crippen molar-refractivity contribution in [2.45, 2.75) is 119 Å². The summed E-state index contributed by atoms with van der Waals surface area (Å²) in [5.74, 6) is 4.76. The van der Waals surface area contributed by atoms with Gasteiger partial charge in [-0.15, -0.1) is 0 Å². The van der Waals surface area contributed by atoms with Crippen LogP contribution in [0.15, 0.2) is 36.4 Å². The van der Waals surface area contributed by atoms with Gasteiger partial charge in [0.25, 0.3) is 0 Å². The van der Waals surface area contributed by atoms with Crippen molar-refractivity contribution in [3.63, 3.8) is 0 Å². The van der Waals surface area contributed by atoms with E-state index in [9.17, 15) is 0 Å². The number of hydrogen-bond donors (Lipinski definition) is 0. The quantitative estimate of drug-likeness (QED) is 0.381. The smallest absolute Gasteiger partial charge is 0.0120 e. The van der Waals surface area contributed by atoms with Gasteiger partial charge in [-0.2, -0.15) is 0 Å². The molecule has 0 heteroatoms. The molecular formula is C35H54. The van der Waals surface area contributed by atoms with Gasteiger partial charge in [0.2, 0.25) is 0 Å². The molecular weight excluding hydrogens is 420 g/mol. The van der Waals surface area contributed by atoms with Gasteiger partial charge in [-0.05, 0) is 121 Å². The molecule has 0 heterocycles. The lowest BCUT2D eigenvalue weighted by Crippen LogP contribution is -2.62. The Bertz CT molecular complexity index is 935. The highest BCUT2D eigenvalue weighted by Gasteiger charge is 2.65. The minimum Gasteiger partial charge on any atom is -0.0851 e. The molecule has 1 aromatic rings. The van der Waals surface area contributed by atoms with Crippen LogP contribution in [0.2, 0.25) is 0 Å². The zero-order chi connectivity index (χ0) is 25.2. The summed E-state index contributed by atoms with van der Waals surface area (Å²) in [6.45, 7) is 20.6. The summed E-state index contributed by atoms with van der Waals surface area (Å²) < 4.78 is 0. The topological polar surface area (TPSA) is 0 Å². The van der Waals surface area contributed by atoms with Crippen LogP contribution in [0.5, 0.6) is 0 Å². The largest absolute Gasteiger partial charge is 0.0851 e. The Kier molecular flexibility index (Phi) is 6.42. The molecule has 9 atom stereocenters. The molecule has 5 rings (SSSR count). The van der Waals surface area contributed by atoms with E-state index >= 15 is 0 Å². The van der Waals surface area contributed by atoms with E-state index in [1.807, 2.05) is 0 Å². The number of rotatable bonds is 4. The molecule has 0 aliphatic heterocycles. The number of benzene rings is 1. The second-order valence-corrected chi connectivity index (χ2v) is 15.3. The monoisotopic (exact) mass is 474 g/mol. The zero-order valence-electron chi connectivity index (χ0n) is 24.3. The highest BCUT2D eigenvalue weighted by Crippen LogP contribution is 2.73. The predicted molar refractivity (Wildman–Crippen MR) is 152 cm³/mol. The first-order valence-electron chi connectivity index (χ1n) is 15.2. The summed E-state index contributed by atoms with van der Waals surface area (Å²) in [7, 11) is 0. The van der Waals surface area contributed by atoms with Crippen molar-refractivity contribution < 1.29 is 0 Å². The molecule has 0 bridgehead atoms. The summed E-state index contributed by atoms with van der Waals surface area (Å²) in [5.41, 5.74) is 4.90. The number of allylic oxidation sites excluding steroid dienone is 2. The average Bonchev–Trinajstić information content (AvgIpc) is 2.77. The molecule has 4 aliphatic carbocycles. The summed E-state index contributed by atoms with van der Waals surface area (Å²) in [6.07, 6.45) is 18.3. The molecule has 194 valence electrons. The number of aryl methyl sites for hydroxylation is 1. The van der Waals surface area contributed by atoms with Crippen LogP contribution < -0.4 is 0 Å². The lowest BCUT2D eigenvalue weighted by Gasteiger charge is -2.69. The SMILES string of the molecule is Cc1ccc([C@H](C)CC[C@H]2C(C)C=C[C@H]3[C@]4(C)CC[C@H]5C(C)(C)CCC[C@]5(C)[C@H]4CC[C@@]32C)cc1. The Hall–Kier alpha value is -1.04. The second-order valence-electron chi connectivity index (χ2n) is 15.3. The van der Waals surface area contributed by atoms with Gasteiger partial charge in [0.1, 0.15) is 0 Å². The molecule has 4 aliphatic rings. The van der Waals surface area contributed by atoms with Crippen LogP contribution >= 0.6 is 0 Å². The fourth-order valence-corrected chi connectivity index (χ4v) is 11.0. The molecule has 0 amide bonds. The van der Waals surface area contributed by atoms with Gasteiger partial charge in [0.15, 0.2) is 0 Å². The van der Waals surface area contributed by atoms with Gasteiger partial charge in [-0.3, -0.25) is 0 Å². The van der Waals surface area contributed by atoms with Crippen LogP contribution in [0.1, 0.15) is 123 Å². The molecule has 1 unspecified atom stereocenters. The van der Waals surface area contributed by atoms with Crippen LogP contribution in [0.25, 0.3) is 0 Å². The van der Waals surface area contributed by atoms with E-state index in [1.54, 1.807) is 0 Å². The van der Waals surface area contributed by atoms with Gasteiger partial charge in [-0.25, -0.2) is 0 Å². The van der Waals surface area contributed by atoms with Gasteiger partial charge in [0.05, 0.1) is 0 Å². The number of hydrogen-bond acceptors (Lipinski definition) is 0. The Balaban J connectivity index is 1.39. The first-order valence-corrected chi connectivity index (χ1v) is 15.2. The molecule has 35 heavy (non-hydrogen) atoms. The number of fused-ring (bicyclic) bond motifs is 5. The van der Waals surface area contributed by atoms with Crippen molar-refractivity contribution in [1.29, 1.82) is 0 Å². The maximum atomic E-state index is 2.75. The van der Waals surface area contributed by atoms with Crippen LogP contribution in [0, 0.1) is 58.2 Å². The van der Waals surface area contributed by atoms with E-state index < -0.39 is 0 Å². The third-order valence-electron chi connectivity index (χ3n) is 12.9. The standard InChI is InChI=1S/C35H54/c1-24-10-14-27(15-11-24)25(2)12-16-28-26(3)13-17-30-33(28,6)22-19-31-34(7)21-9-20-32(4,5)29(34)18-23-35(30,31)8/h10-11,13-15,17,25-26,28-31H,9,12,16,18-23H2,1-8H3/t25-,26?,28+,29+,30-,31-,33-,34+,35+/m1/s1. The third-order valence-corrected chi connectivity index (χ3v) is 12.9. The van der Waals surface area contributed by atoms with E-state index in [2.05, 4.69) is 91.8 Å². The Morgan fingerprint density at radius 2 is 1.46 bits per heavy atom. The fraction of sp³-hybridized carbons (Fsp3) is 0.771. The Labute approximate surface area is 217 Å². The maximum Gasteiger partial charge on any atom is -0.0120 e. The van der Waals surface area contributed by atoms with Crippen molar-refractivity contribution in [3.8, 4) is 0 Å². The van der Waals surface area contributed by atoms with Gasteiger partial charge < -0.3 is 0 Å². The third kappa shape index (κ3) is 3.99. The Morgan fingerprint density at radius 1 is 0.800 bits per heavy atom.